The van der Waals surface area contributed by atoms with E-state index in [0.717, 1.165) is 5.69 Å². The fraction of sp³-hybridized carbons (Fsp3) is 0.375. The molecule has 128 valence electrons. The molecule has 0 unspecified atom stereocenters. The van der Waals surface area contributed by atoms with Gasteiger partial charge in [0, 0.05) is 11.8 Å². The molecule has 2 amide bonds. The summed E-state index contributed by atoms with van der Waals surface area (Å²) in [5, 5.41) is 9.03. The zero-order valence-electron chi connectivity index (χ0n) is 14.2. The lowest BCUT2D eigenvalue weighted by Gasteiger charge is -2.22. The van der Waals surface area contributed by atoms with Gasteiger partial charge in [0.25, 0.3) is 0 Å². The minimum Gasteiger partial charge on any atom is -0.338 e. The second-order valence-electron chi connectivity index (χ2n) is 5.63. The average Bonchev–Trinajstić information content (AvgIpc) is 2.91. The molecule has 0 aliphatic heterocycles. The van der Waals surface area contributed by atoms with Crippen molar-refractivity contribution in [2.75, 3.05) is 24.2 Å². The van der Waals surface area contributed by atoms with E-state index in [1.807, 2.05) is 19.1 Å². The first-order chi connectivity index (χ1) is 11.3. The van der Waals surface area contributed by atoms with Gasteiger partial charge in [-0.05, 0) is 40.0 Å². The van der Waals surface area contributed by atoms with E-state index in [2.05, 4.69) is 20.8 Å². The van der Waals surface area contributed by atoms with Crippen LogP contribution >= 0.6 is 0 Å². The number of aromatic nitrogens is 2. The predicted octanol–water partition coefficient (Wildman–Crippen LogP) is 1.58. The molecule has 0 spiro atoms. The van der Waals surface area contributed by atoms with Gasteiger partial charge in [-0.1, -0.05) is 11.2 Å². The van der Waals surface area contributed by atoms with Crippen LogP contribution in [0.4, 0.5) is 11.7 Å². The monoisotopic (exact) mass is 331 g/mol. The number of pyridine rings is 1. The third-order valence-corrected chi connectivity index (χ3v) is 3.46. The van der Waals surface area contributed by atoms with Crippen molar-refractivity contribution in [3.63, 3.8) is 0 Å². The highest BCUT2D eigenvalue weighted by atomic mass is 16.5. The molecule has 0 saturated heterocycles. The van der Waals surface area contributed by atoms with Crippen LogP contribution in [-0.2, 0) is 9.59 Å². The average molecular weight is 331 g/mol. The van der Waals surface area contributed by atoms with Gasteiger partial charge in [0.2, 0.25) is 17.7 Å². The van der Waals surface area contributed by atoms with Crippen molar-refractivity contribution in [2.45, 2.75) is 26.8 Å². The van der Waals surface area contributed by atoms with Crippen LogP contribution < -0.4 is 10.6 Å². The van der Waals surface area contributed by atoms with Crippen molar-refractivity contribution >= 4 is 23.5 Å². The highest BCUT2D eigenvalue weighted by Crippen LogP contribution is 2.10. The molecule has 0 radical (unpaired) electrons. The number of carbonyl (C=O) groups is 2. The fourth-order valence-electron chi connectivity index (χ4n) is 2.01. The van der Waals surface area contributed by atoms with Gasteiger partial charge in [-0.2, -0.15) is 0 Å². The summed E-state index contributed by atoms with van der Waals surface area (Å²) in [6.07, 6.45) is 0. The Balaban J connectivity index is 1.87. The van der Waals surface area contributed by atoms with E-state index >= 15 is 0 Å². The first-order valence-corrected chi connectivity index (χ1v) is 7.53. The van der Waals surface area contributed by atoms with Crippen LogP contribution in [0.1, 0.15) is 18.3 Å². The molecule has 1 atom stereocenters. The van der Waals surface area contributed by atoms with Crippen LogP contribution in [-0.4, -0.2) is 46.5 Å². The van der Waals surface area contributed by atoms with Crippen molar-refractivity contribution < 1.29 is 14.1 Å². The summed E-state index contributed by atoms with van der Waals surface area (Å²) >= 11 is 0. The SMILES string of the molecule is Cc1cc(NC(=O)[C@@H](C)N(C)CC(=O)Nc2cccc(C)n2)on1. The summed E-state index contributed by atoms with van der Waals surface area (Å²) < 4.78 is 4.95. The van der Waals surface area contributed by atoms with E-state index in [9.17, 15) is 9.59 Å². The second kappa shape index (κ2) is 7.69. The number of hydrogen-bond acceptors (Lipinski definition) is 6. The van der Waals surface area contributed by atoms with Gasteiger partial charge in [0.15, 0.2) is 0 Å². The number of nitrogens with one attached hydrogen (secondary N) is 2. The number of aryl methyl sites for hydroxylation is 2. The first kappa shape index (κ1) is 17.6. The lowest BCUT2D eigenvalue weighted by atomic mass is 10.2. The summed E-state index contributed by atoms with van der Waals surface area (Å²) in [5.41, 5.74) is 1.49. The minimum absolute atomic E-state index is 0.0552. The van der Waals surface area contributed by atoms with Crippen molar-refractivity contribution in [3.05, 3.63) is 35.7 Å². The quantitative estimate of drug-likeness (QED) is 0.833. The van der Waals surface area contributed by atoms with Crippen LogP contribution in [0.3, 0.4) is 0 Å². The summed E-state index contributed by atoms with van der Waals surface area (Å²) in [5.74, 6) is 0.245. The molecule has 24 heavy (non-hydrogen) atoms. The Kier molecular flexibility index (Phi) is 5.64. The molecular formula is C16H21N5O3. The Morgan fingerprint density at radius 3 is 2.62 bits per heavy atom. The van der Waals surface area contributed by atoms with Crippen LogP contribution in [0, 0.1) is 13.8 Å². The molecular weight excluding hydrogens is 310 g/mol. The smallest absolute Gasteiger partial charge is 0.243 e. The van der Waals surface area contributed by atoms with Gasteiger partial charge < -0.3 is 9.84 Å². The summed E-state index contributed by atoms with van der Waals surface area (Å²) in [6, 6.07) is 6.48. The number of amides is 2. The summed E-state index contributed by atoms with van der Waals surface area (Å²) in [4.78, 5) is 30.1. The number of likely N-dealkylation sites (N-methyl/N-ethyl adjacent to an activating group) is 1. The van der Waals surface area contributed by atoms with Crippen LogP contribution in [0.15, 0.2) is 28.8 Å². The van der Waals surface area contributed by atoms with E-state index in [1.165, 1.54) is 0 Å². The number of nitrogens with zero attached hydrogens (tertiary/aromatic N) is 3. The largest absolute Gasteiger partial charge is 0.338 e. The molecule has 8 nitrogen and oxygen atoms in total. The predicted molar refractivity (Wildman–Crippen MR) is 89.6 cm³/mol. The lowest BCUT2D eigenvalue weighted by molar-refractivity contribution is -0.122. The van der Waals surface area contributed by atoms with Gasteiger partial charge in [0.05, 0.1) is 18.3 Å². The van der Waals surface area contributed by atoms with E-state index in [0.29, 0.717) is 11.5 Å². The molecule has 0 aliphatic carbocycles. The van der Waals surface area contributed by atoms with Gasteiger partial charge in [-0.3, -0.25) is 19.8 Å². The van der Waals surface area contributed by atoms with Crippen molar-refractivity contribution in [1.82, 2.24) is 15.0 Å². The molecule has 2 heterocycles. The molecule has 0 aliphatic rings. The van der Waals surface area contributed by atoms with Crippen molar-refractivity contribution in [3.8, 4) is 0 Å². The summed E-state index contributed by atoms with van der Waals surface area (Å²) in [6.45, 7) is 5.37. The molecule has 2 rings (SSSR count). The highest BCUT2D eigenvalue weighted by molar-refractivity contribution is 5.95. The number of hydrogen-bond donors (Lipinski definition) is 2. The summed E-state index contributed by atoms with van der Waals surface area (Å²) in [7, 11) is 1.69. The molecule has 2 aromatic rings. The lowest BCUT2D eigenvalue weighted by Crippen LogP contribution is -2.43. The molecule has 0 saturated carbocycles. The fourth-order valence-corrected chi connectivity index (χ4v) is 2.01. The highest BCUT2D eigenvalue weighted by Gasteiger charge is 2.21. The van der Waals surface area contributed by atoms with Gasteiger partial charge in [-0.15, -0.1) is 0 Å². The van der Waals surface area contributed by atoms with Crippen molar-refractivity contribution in [1.29, 1.82) is 0 Å². The Bertz CT molecular complexity index is 728. The Morgan fingerprint density at radius 2 is 2.00 bits per heavy atom. The standard InChI is InChI=1S/C16H21N5O3/c1-10-6-5-7-13(17-10)18-14(22)9-21(4)12(3)16(23)19-15-8-11(2)20-24-15/h5-8,12H,9H2,1-4H3,(H,19,23)(H,17,18,22)/t12-/m1/s1. The number of carbonyl (C=O) groups excluding carboxylic acids is 2. The molecule has 2 aromatic heterocycles. The zero-order valence-corrected chi connectivity index (χ0v) is 14.2. The first-order valence-electron chi connectivity index (χ1n) is 7.53. The van der Waals surface area contributed by atoms with Gasteiger partial charge in [0.1, 0.15) is 5.82 Å². The zero-order chi connectivity index (χ0) is 17.7. The van der Waals surface area contributed by atoms with Crippen LogP contribution in [0.2, 0.25) is 0 Å². The van der Waals surface area contributed by atoms with Crippen LogP contribution in [0.25, 0.3) is 0 Å². The molecule has 2 N–H and O–H groups in total. The van der Waals surface area contributed by atoms with Crippen molar-refractivity contribution in [2.24, 2.45) is 0 Å². The third kappa shape index (κ3) is 4.88. The van der Waals surface area contributed by atoms with E-state index in [4.69, 9.17) is 4.52 Å². The Hall–Kier alpha value is -2.74. The normalized spacial score (nSPS) is 12.0. The molecule has 0 bridgehead atoms. The van der Waals surface area contributed by atoms with Gasteiger partial charge >= 0.3 is 0 Å². The maximum Gasteiger partial charge on any atom is 0.243 e. The Labute approximate surface area is 140 Å². The second-order valence-corrected chi connectivity index (χ2v) is 5.63. The van der Waals surface area contributed by atoms with E-state index < -0.39 is 6.04 Å². The minimum atomic E-state index is -0.522. The van der Waals surface area contributed by atoms with E-state index in [-0.39, 0.29) is 24.2 Å². The number of rotatable bonds is 6. The topological polar surface area (TPSA) is 100 Å². The molecule has 0 aromatic carbocycles. The third-order valence-electron chi connectivity index (χ3n) is 3.46. The van der Waals surface area contributed by atoms with Gasteiger partial charge in [-0.25, -0.2) is 4.98 Å². The molecule has 0 fully saturated rings. The molecule has 8 heteroatoms. The van der Waals surface area contributed by atoms with Crippen LogP contribution in [0.5, 0.6) is 0 Å². The Morgan fingerprint density at radius 1 is 1.25 bits per heavy atom. The number of anilines is 2. The maximum atomic E-state index is 12.2. The van der Waals surface area contributed by atoms with E-state index in [1.54, 1.807) is 37.9 Å². The maximum absolute atomic E-state index is 12.2.